The van der Waals surface area contributed by atoms with E-state index in [4.69, 9.17) is 4.74 Å². The summed E-state index contributed by atoms with van der Waals surface area (Å²) in [5, 5.41) is 22.2. The normalized spacial score (nSPS) is 20.6. The molecule has 14 heteroatoms. The summed E-state index contributed by atoms with van der Waals surface area (Å²) in [5.41, 5.74) is 7.51. The van der Waals surface area contributed by atoms with Crippen molar-refractivity contribution in [2.75, 3.05) is 36.9 Å². The minimum absolute atomic E-state index is 0.000847. The first kappa shape index (κ1) is 41.6. The first-order valence-electron chi connectivity index (χ1n) is 21.5. The van der Waals surface area contributed by atoms with E-state index in [9.17, 15) is 29.1 Å². The standard InChI is InChI=1S/C47H53N7O7/c55-29-39-35-19-23-53(27-30-17-21-48-22-18-30)45(35)36-26-32(13-14-38(36)51-39)31-7-5-8-33(25-31)50-43(57)12-2-1-11-42(56)49-20-3-4-24-61-41-10-6-9-34-37(41)28-54(47(34)60)40-15-16-44(58)52-46(40)59/h5-10,13-14,17-18,21-22,25-26,35,39-40,45,51,55H,1-4,11-12,15-16,19-20,23-24,27-29H2,(H,49,56)(H,50,57)(H,52,58,59)/t35-,39-,40?,45-/m1/s1. The van der Waals surface area contributed by atoms with E-state index in [2.05, 4.69) is 67.5 Å². The number of ether oxygens (including phenoxy) is 1. The maximum Gasteiger partial charge on any atom is 0.255 e. The molecule has 0 saturated carbocycles. The molecule has 5 N–H and O–H groups in total. The third-order valence-corrected chi connectivity index (χ3v) is 12.3. The van der Waals surface area contributed by atoms with E-state index in [1.54, 1.807) is 12.1 Å². The van der Waals surface area contributed by atoms with E-state index in [1.807, 2.05) is 36.7 Å². The lowest BCUT2D eigenvalue weighted by Gasteiger charge is -2.39. The minimum Gasteiger partial charge on any atom is -0.493 e. The van der Waals surface area contributed by atoms with Crippen molar-refractivity contribution in [2.24, 2.45) is 5.92 Å². The average molecular weight is 828 g/mol. The Labute approximate surface area is 355 Å². The highest BCUT2D eigenvalue weighted by molar-refractivity contribution is 6.05. The quantitative estimate of drug-likeness (QED) is 0.0689. The van der Waals surface area contributed by atoms with Gasteiger partial charge >= 0.3 is 0 Å². The fraction of sp³-hybridized carbons (Fsp3) is 0.404. The summed E-state index contributed by atoms with van der Waals surface area (Å²) in [4.78, 5) is 70.7. The van der Waals surface area contributed by atoms with Gasteiger partial charge in [-0.25, -0.2) is 0 Å². The van der Waals surface area contributed by atoms with Crippen LogP contribution in [-0.4, -0.2) is 87.8 Å². The number of hydrogen-bond donors (Lipinski definition) is 5. The van der Waals surface area contributed by atoms with E-state index in [1.165, 1.54) is 16.0 Å². The van der Waals surface area contributed by atoms with E-state index < -0.39 is 11.9 Å². The van der Waals surface area contributed by atoms with Crippen molar-refractivity contribution in [3.63, 3.8) is 0 Å². The number of amides is 5. The molecule has 2 saturated heterocycles. The number of likely N-dealkylation sites (tertiary alicyclic amines) is 1. The summed E-state index contributed by atoms with van der Waals surface area (Å²) in [5.74, 6) is -0.278. The fourth-order valence-corrected chi connectivity index (χ4v) is 9.23. The maximum atomic E-state index is 13.1. The molecule has 0 aliphatic carbocycles. The van der Waals surface area contributed by atoms with Crippen molar-refractivity contribution in [2.45, 2.75) is 89.0 Å². The lowest BCUT2D eigenvalue weighted by Crippen LogP contribution is -2.52. The summed E-state index contributed by atoms with van der Waals surface area (Å²) in [6.07, 6.45) is 8.39. The number of aromatic nitrogens is 1. The Morgan fingerprint density at radius 2 is 1.69 bits per heavy atom. The summed E-state index contributed by atoms with van der Waals surface area (Å²) < 4.78 is 6.02. The number of imide groups is 1. The molecule has 4 aromatic rings. The third-order valence-electron chi connectivity index (χ3n) is 12.3. The number of piperidine rings is 1. The van der Waals surface area contributed by atoms with Crippen LogP contribution in [0.1, 0.15) is 90.9 Å². The number of benzene rings is 3. The Morgan fingerprint density at radius 3 is 2.51 bits per heavy atom. The van der Waals surface area contributed by atoms with Gasteiger partial charge < -0.3 is 30.7 Å². The number of nitrogens with one attached hydrogen (secondary N) is 4. The molecule has 4 aliphatic rings. The molecular weight excluding hydrogens is 775 g/mol. The summed E-state index contributed by atoms with van der Waals surface area (Å²) in [6.45, 7) is 3.00. The smallest absolute Gasteiger partial charge is 0.255 e. The van der Waals surface area contributed by atoms with Gasteiger partial charge in [0.2, 0.25) is 23.6 Å². The van der Waals surface area contributed by atoms with Gasteiger partial charge in [-0.15, -0.1) is 0 Å². The lowest BCUT2D eigenvalue weighted by molar-refractivity contribution is -0.137. The Kier molecular flexibility index (Phi) is 13.0. The number of aliphatic hydroxyl groups is 1. The van der Waals surface area contributed by atoms with E-state index in [0.717, 1.165) is 47.6 Å². The highest BCUT2D eigenvalue weighted by Crippen LogP contribution is 2.48. The van der Waals surface area contributed by atoms with Crippen LogP contribution in [0.2, 0.25) is 0 Å². The van der Waals surface area contributed by atoms with Gasteiger partial charge in [0, 0.05) is 79.2 Å². The lowest BCUT2D eigenvalue weighted by atomic mass is 9.82. The van der Waals surface area contributed by atoms with Gasteiger partial charge in [0.05, 0.1) is 25.8 Å². The van der Waals surface area contributed by atoms with Crippen molar-refractivity contribution in [3.8, 4) is 16.9 Å². The van der Waals surface area contributed by atoms with Crippen molar-refractivity contribution < 1.29 is 33.8 Å². The molecule has 5 amide bonds. The van der Waals surface area contributed by atoms with Crippen LogP contribution < -0.4 is 26.0 Å². The van der Waals surface area contributed by atoms with Gasteiger partial charge in [0.25, 0.3) is 5.91 Å². The Bertz CT molecular complexity index is 2270. The molecule has 4 aliphatic heterocycles. The summed E-state index contributed by atoms with van der Waals surface area (Å²) >= 11 is 0. The maximum absolute atomic E-state index is 13.1. The number of fused-ring (bicyclic) bond motifs is 4. The largest absolute Gasteiger partial charge is 0.493 e. The molecule has 1 aromatic heterocycles. The number of rotatable bonds is 17. The number of carbonyl (C=O) groups is 5. The van der Waals surface area contributed by atoms with Gasteiger partial charge in [0.15, 0.2) is 0 Å². The topological polar surface area (TPSA) is 182 Å². The molecule has 14 nitrogen and oxygen atoms in total. The van der Waals surface area contributed by atoms with Crippen LogP contribution in [0.3, 0.4) is 0 Å². The van der Waals surface area contributed by atoms with Crippen molar-refractivity contribution in [1.29, 1.82) is 0 Å². The van der Waals surface area contributed by atoms with Crippen LogP contribution >= 0.6 is 0 Å². The molecule has 318 valence electrons. The second-order valence-corrected chi connectivity index (χ2v) is 16.4. The van der Waals surface area contributed by atoms with Crippen LogP contribution in [0, 0.1) is 5.92 Å². The van der Waals surface area contributed by atoms with Gasteiger partial charge in [-0.05, 0) is 116 Å². The number of unbranched alkanes of at least 4 members (excludes halogenated alkanes) is 2. The third kappa shape index (κ3) is 9.60. The van der Waals surface area contributed by atoms with Gasteiger partial charge in [0.1, 0.15) is 11.8 Å². The number of pyridine rings is 1. The van der Waals surface area contributed by atoms with Crippen molar-refractivity contribution in [1.82, 2.24) is 25.4 Å². The zero-order valence-corrected chi connectivity index (χ0v) is 34.2. The second-order valence-electron chi connectivity index (χ2n) is 16.4. The molecule has 4 atom stereocenters. The molecule has 0 spiro atoms. The molecule has 0 bridgehead atoms. The molecule has 2 fully saturated rings. The molecule has 5 heterocycles. The predicted octanol–water partition coefficient (Wildman–Crippen LogP) is 5.33. The minimum atomic E-state index is -0.681. The first-order valence-corrected chi connectivity index (χ1v) is 21.5. The SMILES string of the molecule is O=C(CCCCC(=O)Nc1cccc(-c2ccc3c(c2)[C@H]2[C@H](CCN2Cc2ccncc2)[C@@H](CO)N3)c1)NCCCCOc1cccc2c1CN(C1CCC(=O)NC1=O)C2=O. The number of nitrogens with zero attached hydrogens (tertiary/aromatic N) is 3. The number of carbonyl (C=O) groups excluding carboxylic acids is 5. The van der Waals surface area contributed by atoms with E-state index >= 15 is 0 Å². The molecule has 8 rings (SSSR count). The number of aliphatic hydroxyl groups excluding tert-OH is 1. The zero-order valence-electron chi connectivity index (χ0n) is 34.2. The molecular formula is C47H53N7O7. The molecule has 3 aromatic carbocycles. The fourth-order valence-electron chi connectivity index (χ4n) is 9.23. The van der Waals surface area contributed by atoms with Gasteiger partial charge in [-0.2, -0.15) is 0 Å². The molecule has 1 unspecified atom stereocenters. The number of hydrogen-bond acceptors (Lipinski definition) is 10. The number of anilines is 2. The Morgan fingerprint density at radius 1 is 0.885 bits per heavy atom. The van der Waals surface area contributed by atoms with Crippen LogP contribution in [0.25, 0.3) is 11.1 Å². The second kappa shape index (κ2) is 19.1. The van der Waals surface area contributed by atoms with E-state index in [-0.39, 0.29) is 55.3 Å². The highest BCUT2D eigenvalue weighted by atomic mass is 16.5. The monoisotopic (exact) mass is 827 g/mol. The highest BCUT2D eigenvalue weighted by Gasteiger charge is 2.44. The van der Waals surface area contributed by atoms with Crippen LogP contribution in [0.5, 0.6) is 5.75 Å². The van der Waals surface area contributed by atoms with Crippen molar-refractivity contribution >= 4 is 40.9 Å². The predicted molar refractivity (Wildman–Crippen MR) is 229 cm³/mol. The first-order chi connectivity index (χ1) is 29.7. The summed E-state index contributed by atoms with van der Waals surface area (Å²) in [7, 11) is 0. The zero-order chi connectivity index (χ0) is 42.3. The van der Waals surface area contributed by atoms with Crippen LogP contribution in [0.4, 0.5) is 11.4 Å². The van der Waals surface area contributed by atoms with Gasteiger partial charge in [-0.1, -0.05) is 24.3 Å². The molecule has 61 heavy (non-hydrogen) atoms. The van der Waals surface area contributed by atoms with Crippen molar-refractivity contribution in [3.05, 3.63) is 107 Å². The Hall–Kier alpha value is -6.12. The summed E-state index contributed by atoms with van der Waals surface area (Å²) in [6, 6.07) is 23.2. The van der Waals surface area contributed by atoms with E-state index in [0.29, 0.717) is 75.3 Å². The molecule has 0 radical (unpaired) electrons. The van der Waals surface area contributed by atoms with Crippen LogP contribution in [0.15, 0.2) is 85.2 Å². The Balaban J connectivity index is 0.747. The van der Waals surface area contributed by atoms with Crippen LogP contribution in [-0.2, 0) is 32.3 Å². The average Bonchev–Trinajstić information content (AvgIpc) is 3.84. The van der Waals surface area contributed by atoms with Gasteiger partial charge in [-0.3, -0.25) is 39.2 Å².